The molecular formula is C23H19ClN4O5. The molecule has 0 saturated carbocycles. The van der Waals surface area contributed by atoms with Gasteiger partial charge in [0.15, 0.2) is 17.3 Å². The summed E-state index contributed by atoms with van der Waals surface area (Å²) in [7, 11) is 1.41. The van der Waals surface area contributed by atoms with Crippen LogP contribution < -0.4 is 15.4 Å². The third-order valence-corrected chi connectivity index (χ3v) is 6.14. The molecule has 9 nitrogen and oxygen atoms in total. The average molecular weight is 467 g/mol. The number of nitrogens with two attached hydrogens (primary N) is 1. The van der Waals surface area contributed by atoms with Gasteiger partial charge in [-0.25, -0.2) is 0 Å². The molecule has 0 bridgehead atoms. The molecule has 1 heterocycles. The van der Waals surface area contributed by atoms with Gasteiger partial charge in [-0.2, -0.15) is 5.26 Å². The van der Waals surface area contributed by atoms with Gasteiger partial charge < -0.3 is 15.6 Å². The van der Waals surface area contributed by atoms with Gasteiger partial charge in [-0.05, 0) is 36.6 Å². The second kappa shape index (κ2) is 8.48. The number of halogens is 1. The number of phenolic OH excluding ortho intramolecular Hbond substituents is 1. The van der Waals surface area contributed by atoms with E-state index in [-0.39, 0.29) is 39.4 Å². The van der Waals surface area contributed by atoms with Crippen LogP contribution in [0.5, 0.6) is 11.5 Å². The molecule has 0 aromatic heterocycles. The molecule has 1 aliphatic carbocycles. The Balaban J connectivity index is 1.96. The van der Waals surface area contributed by atoms with Crippen LogP contribution in [0.15, 0.2) is 59.1 Å². The highest BCUT2D eigenvalue weighted by molar-refractivity contribution is 6.33. The third kappa shape index (κ3) is 3.64. The predicted octanol–water partition coefficient (Wildman–Crippen LogP) is 4.27. The van der Waals surface area contributed by atoms with E-state index in [2.05, 4.69) is 6.07 Å². The van der Waals surface area contributed by atoms with Gasteiger partial charge >= 0.3 is 0 Å². The van der Waals surface area contributed by atoms with E-state index in [1.807, 2.05) is 0 Å². The number of ketones is 1. The lowest BCUT2D eigenvalue weighted by atomic mass is 9.75. The van der Waals surface area contributed by atoms with Crippen LogP contribution in [0, 0.1) is 21.4 Å². The zero-order valence-corrected chi connectivity index (χ0v) is 18.3. The van der Waals surface area contributed by atoms with Gasteiger partial charge in [0.2, 0.25) is 0 Å². The molecule has 168 valence electrons. The second-order valence-electron chi connectivity index (χ2n) is 7.64. The summed E-state index contributed by atoms with van der Waals surface area (Å²) in [6.07, 6.45) is 1.39. The fourth-order valence-electron chi connectivity index (χ4n) is 4.36. The zero-order valence-electron chi connectivity index (χ0n) is 17.5. The number of benzene rings is 2. The summed E-state index contributed by atoms with van der Waals surface area (Å²) in [5, 5.41) is 31.2. The van der Waals surface area contributed by atoms with E-state index in [9.17, 15) is 25.3 Å². The quantitative estimate of drug-likeness (QED) is 0.502. The van der Waals surface area contributed by atoms with Crippen LogP contribution in [0.3, 0.4) is 0 Å². The first-order valence-electron chi connectivity index (χ1n) is 10.1. The predicted molar refractivity (Wildman–Crippen MR) is 121 cm³/mol. The first kappa shape index (κ1) is 22.2. The van der Waals surface area contributed by atoms with E-state index < -0.39 is 10.8 Å². The zero-order chi connectivity index (χ0) is 23.9. The summed E-state index contributed by atoms with van der Waals surface area (Å²) in [4.78, 5) is 25.3. The minimum absolute atomic E-state index is 0.0686. The van der Waals surface area contributed by atoms with Crippen molar-refractivity contribution in [1.29, 1.82) is 5.26 Å². The smallest absolute Gasteiger partial charge is 0.271 e. The number of ether oxygens (including phenoxy) is 1. The molecule has 0 spiro atoms. The number of anilines is 1. The Hall–Kier alpha value is -4.03. The number of methoxy groups -OCH3 is 1. The van der Waals surface area contributed by atoms with E-state index in [4.69, 9.17) is 22.1 Å². The fraction of sp³-hybridized carbons (Fsp3) is 0.217. The molecule has 1 aliphatic heterocycles. The van der Waals surface area contributed by atoms with Gasteiger partial charge in [-0.3, -0.25) is 19.8 Å². The molecule has 1 unspecified atom stereocenters. The van der Waals surface area contributed by atoms with Crippen LogP contribution in [-0.2, 0) is 4.79 Å². The highest BCUT2D eigenvalue weighted by Gasteiger charge is 2.41. The Morgan fingerprint density at radius 1 is 1.30 bits per heavy atom. The molecule has 0 radical (unpaired) electrons. The van der Waals surface area contributed by atoms with E-state index in [1.165, 1.54) is 31.4 Å². The average Bonchev–Trinajstić information content (AvgIpc) is 2.79. The summed E-state index contributed by atoms with van der Waals surface area (Å²) in [5.74, 6) is -0.665. The lowest BCUT2D eigenvalue weighted by Crippen LogP contribution is -2.38. The molecule has 1 atom stereocenters. The number of phenols is 1. The molecule has 2 aliphatic rings. The minimum Gasteiger partial charge on any atom is -0.504 e. The number of rotatable bonds is 4. The summed E-state index contributed by atoms with van der Waals surface area (Å²) in [6.45, 7) is 0. The van der Waals surface area contributed by atoms with Gasteiger partial charge in [0.25, 0.3) is 5.69 Å². The van der Waals surface area contributed by atoms with E-state index in [0.29, 0.717) is 41.8 Å². The molecule has 0 amide bonds. The summed E-state index contributed by atoms with van der Waals surface area (Å²) < 4.78 is 5.21. The van der Waals surface area contributed by atoms with E-state index >= 15 is 0 Å². The molecule has 4 rings (SSSR count). The number of non-ortho nitro benzene ring substituents is 1. The molecular weight excluding hydrogens is 448 g/mol. The number of hydrogen-bond acceptors (Lipinski definition) is 8. The van der Waals surface area contributed by atoms with Crippen LogP contribution in [0.25, 0.3) is 0 Å². The summed E-state index contributed by atoms with van der Waals surface area (Å²) >= 11 is 6.38. The van der Waals surface area contributed by atoms with Gasteiger partial charge in [0, 0.05) is 29.8 Å². The maximum absolute atomic E-state index is 13.1. The number of carbonyl (C=O) groups is 1. The van der Waals surface area contributed by atoms with Crippen LogP contribution in [0.1, 0.15) is 30.7 Å². The molecule has 3 N–H and O–H groups in total. The van der Waals surface area contributed by atoms with Crippen molar-refractivity contribution in [3.63, 3.8) is 0 Å². The number of nitrogens with zero attached hydrogens (tertiary/aromatic N) is 3. The molecule has 0 fully saturated rings. The van der Waals surface area contributed by atoms with Crippen molar-refractivity contribution in [2.24, 2.45) is 5.73 Å². The standard InChI is InChI=1S/C23H19ClN4O5/c1-33-20-9-12(5-8-18(20)29)21-14(11-25)23(26)27(17-3-2-4-19(30)22(17)21)16-7-6-13(28(31)32)10-15(16)24/h5-10,21,29H,2-4,26H2,1H3. The largest absolute Gasteiger partial charge is 0.504 e. The Labute approximate surface area is 194 Å². The summed E-state index contributed by atoms with van der Waals surface area (Å²) in [6, 6.07) is 10.7. The van der Waals surface area contributed by atoms with Crippen LogP contribution in [0.4, 0.5) is 11.4 Å². The van der Waals surface area contributed by atoms with Crippen molar-refractivity contribution in [3.8, 4) is 17.6 Å². The number of nitriles is 1. The molecule has 2 aromatic rings. The molecule has 0 saturated heterocycles. The highest BCUT2D eigenvalue weighted by atomic mass is 35.5. The lowest BCUT2D eigenvalue weighted by Gasteiger charge is -2.40. The molecule has 10 heteroatoms. The van der Waals surface area contributed by atoms with Crippen molar-refractivity contribution in [1.82, 2.24) is 0 Å². The number of hydrogen-bond donors (Lipinski definition) is 2. The second-order valence-corrected chi connectivity index (χ2v) is 8.05. The van der Waals surface area contributed by atoms with Gasteiger partial charge in [0.05, 0.1) is 40.3 Å². The minimum atomic E-state index is -0.750. The first-order chi connectivity index (χ1) is 15.8. The third-order valence-electron chi connectivity index (χ3n) is 5.83. The van der Waals surface area contributed by atoms with Gasteiger partial charge in [-0.15, -0.1) is 0 Å². The Kier molecular flexibility index (Phi) is 5.70. The lowest BCUT2D eigenvalue weighted by molar-refractivity contribution is -0.384. The Morgan fingerprint density at radius 2 is 2.06 bits per heavy atom. The van der Waals surface area contributed by atoms with Gasteiger partial charge in [0.1, 0.15) is 5.82 Å². The monoisotopic (exact) mass is 466 g/mol. The number of aromatic hydroxyl groups is 1. The van der Waals surface area contributed by atoms with Crippen molar-refractivity contribution >= 4 is 28.8 Å². The molecule has 33 heavy (non-hydrogen) atoms. The number of allylic oxidation sites excluding steroid dienone is 3. The van der Waals surface area contributed by atoms with E-state index in [1.54, 1.807) is 17.0 Å². The fourth-order valence-corrected chi connectivity index (χ4v) is 4.62. The highest BCUT2D eigenvalue weighted by Crippen LogP contribution is 2.48. The number of nitro groups is 1. The normalized spacial score (nSPS) is 18.2. The van der Waals surface area contributed by atoms with Crippen LogP contribution >= 0.6 is 11.6 Å². The van der Waals surface area contributed by atoms with Crippen molar-refractivity contribution in [2.45, 2.75) is 25.2 Å². The van der Waals surface area contributed by atoms with E-state index in [0.717, 1.165) is 0 Å². The SMILES string of the molecule is COc1cc(C2C(C#N)=C(N)N(c3ccc([N+](=O)[O-])cc3Cl)C3=C2C(=O)CCC3)ccc1O. The van der Waals surface area contributed by atoms with Crippen molar-refractivity contribution in [3.05, 3.63) is 79.8 Å². The maximum atomic E-state index is 13.1. The van der Waals surface area contributed by atoms with Gasteiger partial charge in [-0.1, -0.05) is 17.7 Å². The topological polar surface area (TPSA) is 143 Å². The van der Waals surface area contributed by atoms with Crippen molar-refractivity contribution < 1.29 is 19.6 Å². The van der Waals surface area contributed by atoms with Crippen LogP contribution in [-0.4, -0.2) is 22.9 Å². The Morgan fingerprint density at radius 3 is 2.70 bits per heavy atom. The summed E-state index contributed by atoms with van der Waals surface area (Å²) in [5.41, 5.74) is 8.34. The Bertz CT molecular complexity index is 1290. The molecule has 2 aromatic carbocycles. The van der Waals surface area contributed by atoms with Crippen molar-refractivity contribution in [2.75, 3.05) is 12.0 Å². The number of Topliss-reactive ketones (excluding diaryl/α,β-unsaturated/α-hetero) is 1. The number of carbonyl (C=O) groups excluding carboxylic acids is 1. The first-order valence-corrected chi connectivity index (χ1v) is 10.4. The van der Waals surface area contributed by atoms with Crippen LogP contribution in [0.2, 0.25) is 5.02 Å². The maximum Gasteiger partial charge on any atom is 0.271 e. The number of nitro benzene ring substituents is 1.